The summed E-state index contributed by atoms with van der Waals surface area (Å²) in [7, 11) is 0. The number of pyridine rings is 1. The summed E-state index contributed by atoms with van der Waals surface area (Å²) in [5.74, 6) is 0.647. The second kappa shape index (κ2) is 4.64. The van der Waals surface area contributed by atoms with Gasteiger partial charge in [-0.2, -0.15) is 0 Å². The number of aryl methyl sites for hydroxylation is 1. The molecule has 0 saturated carbocycles. The molecular formula is C9H14FN3. The third-order valence-corrected chi connectivity index (χ3v) is 1.81. The number of hydrogen-bond donors (Lipinski definition) is 2. The molecular weight excluding hydrogens is 169 g/mol. The largest absolute Gasteiger partial charge is 0.396 e. The lowest BCUT2D eigenvalue weighted by molar-refractivity contribution is 0.481. The molecule has 72 valence electrons. The quantitative estimate of drug-likeness (QED) is 0.699. The Morgan fingerprint density at radius 3 is 3.08 bits per heavy atom. The molecule has 1 aromatic rings. The Hall–Kier alpha value is -1.32. The van der Waals surface area contributed by atoms with Crippen molar-refractivity contribution < 1.29 is 4.39 Å². The van der Waals surface area contributed by atoms with Gasteiger partial charge in [0.25, 0.3) is 0 Å². The molecule has 1 heterocycles. The minimum Gasteiger partial charge on any atom is -0.396 e. The molecule has 13 heavy (non-hydrogen) atoms. The Labute approximate surface area is 77.2 Å². The molecule has 4 heteroatoms. The molecule has 0 atom stereocenters. The van der Waals surface area contributed by atoms with E-state index in [1.54, 1.807) is 6.20 Å². The van der Waals surface area contributed by atoms with Crippen LogP contribution in [0, 0.1) is 6.92 Å². The van der Waals surface area contributed by atoms with Gasteiger partial charge in [-0.3, -0.25) is 4.39 Å². The average molecular weight is 183 g/mol. The van der Waals surface area contributed by atoms with Crippen molar-refractivity contribution in [2.24, 2.45) is 0 Å². The van der Waals surface area contributed by atoms with Gasteiger partial charge in [0, 0.05) is 12.7 Å². The van der Waals surface area contributed by atoms with Crippen LogP contribution in [0.3, 0.4) is 0 Å². The fourth-order valence-electron chi connectivity index (χ4n) is 0.984. The van der Waals surface area contributed by atoms with Crippen molar-refractivity contribution >= 4 is 11.5 Å². The van der Waals surface area contributed by atoms with Gasteiger partial charge in [0.1, 0.15) is 5.82 Å². The summed E-state index contributed by atoms with van der Waals surface area (Å²) >= 11 is 0. The third kappa shape index (κ3) is 2.57. The van der Waals surface area contributed by atoms with Crippen LogP contribution in [0.25, 0.3) is 0 Å². The summed E-state index contributed by atoms with van der Waals surface area (Å²) in [5.41, 5.74) is 7.37. The molecule has 0 spiro atoms. The molecule has 0 aliphatic rings. The van der Waals surface area contributed by atoms with E-state index in [-0.39, 0.29) is 6.67 Å². The molecule has 0 aliphatic heterocycles. The molecule has 0 aromatic carbocycles. The van der Waals surface area contributed by atoms with Crippen LogP contribution in [0.2, 0.25) is 0 Å². The normalized spacial score (nSPS) is 10.0. The van der Waals surface area contributed by atoms with Crippen molar-refractivity contribution in [3.8, 4) is 0 Å². The Kier molecular flexibility index (Phi) is 3.49. The fraction of sp³-hybridized carbons (Fsp3) is 0.444. The van der Waals surface area contributed by atoms with Gasteiger partial charge in [0.2, 0.25) is 0 Å². The number of aromatic nitrogens is 1. The number of nitrogen functional groups attached to an aromatic ring is 1. The Bertz CT molecular complexity index is 276. The number of alkyl halides is 1. The maximum Gasteiger partial charge on any atom is 0.149 e. The predicted molar refractivity (Wildman–Crippen MR) is 52.5 cm³/mol. The van der Waals surface area contributed by atoms with Crippen LogP contribution in [0.15, 0.2) is 12.3 Å². The molecule has 1 aromatic heterocycles. The zero-order chi connectivity index (χ0) is 9.68. The number of nitrogens with one attached hydrogen (secondary N) is 1. The van der Waals surface area contributed by atoms with E-state index in [1.807, 2.05) is 13.0 Å². The van der Waals surface area contributed by atoms with Gasteiger partial charge in [-0.25, -0.2) is 4.98 Å². The highest BCUT2D eigenvalue weighted by atomic mass is 19.1. The van der Waals surface area contributed by atoms with Gasteiger partial charge >= 0.3 is 0 Å². The Balaban J connectivity index is 2.61. The zero-order valence-corrected chi connectivity index (χ0v) is 7.68. The SMILES string of the molecule is Cc1ccnc(NCCCF)c1N. The van der Waals surface area contributed by atoms with E-state index in [0.717, 1.165) is 5.56 Å². The second-order valence-corrected chi connectivity index (χ2v) is 2.86. The predicted octanol–water partition coefficient (Wildman–Crippen LogP) is 1.74. The number of rotatable bonds is 4. The Morgan fingerprint density at radius 1 is 1.62 bits per heavy atom. The van der Waals surface area contributed by atoms with Crippen LogP contribution in [0.1, 0.15) is 12.0 Å². The molecule has 0 unspecified atom stereocenters. The number of halogens is 1. The van der Waals surface area contributed by atoms with Crippen LogP contribution >= 0.6 is 0 Å². The zero-order valence-electron chi connectivity index (χ0n) is 7.68. The molecule has 0 fully saturated rings. The van der Waals surface area contributed by atoms with Gasteiger partial charge in [0.15, 0.2) is 0 Å². The van der Waals surface area contributed by atoms with Crippen LogP contribution in [-0.4, -0.2) is 18.2 Å². The summed E-state index contributed by atoms with van der Waals surface area (Å²) in [6.07, 6.45) is 2.17. The minimum absolute atomic E-state index is 0.321. The number of nitrogens with zero attached hydrogens (tertiary/aromatic N) is 1. The molecule has 0 amide bonds. The molecule has 0 bridgehead atoms. The van der Waals surface area contributed by atoms with E-state index in [2.05, 4.69) is 10.3 Å². The van der Waals surface area contributed by atoms with Crippen molar-refractivity contribution in [2.75, 3.05) is 24.3 Å². The highest BCUT2D eigenvalue weighted by molar-refractivity contribution is 5.64. The van der Waals surface area contributed by atoms with Gasteiger partial charge in [-0.05, 0) is 25.0 Å². The van der Waals surface area contributed by atoms with Crippen molar-refractivity contribution in [3.63, 3.8) is 0 Å². The van der Waals surface area contributed by atoms with Crippen LogP contribution in [-0.2, 0) is 0 Å². The first-order chi connectivity index (χ1) is 6.25. The fourth-order valence-corrected chi connectivity index (χ4v) is 0.984. The third-order valence-electron chi connectivity index (χ3n) is 1.81. The van der Waals surface area contributed by atoms with E-state index >= 15 is 0 Å². The lowest BCUT2D eigenvalue weighted by Crippen LogP contribution is -2.07. The summed E-state index contributed by atoms with van der Waals surface area (Å²) in [6.45, 7) is 2.16. The molecule has 1 rings (SSSR count). The van der Waals surface area contributed by atoms with Crippen molar-refractivity contribution in [3.05, 3.63) is 17.8 Å². The van der Waals surface area contributed by atoms with Crippen molar-refractivity contribution in [1.29, 1.82) is 0 Å². The minimum atomic E-state index is -0.321. The number of hydrogen-bond acceptors (Lipinski definition) is 3. The van der Waals surface area contributed by atoms with Gasteiger partial charge in [0.05, 0.1) is 12.4 Å². The van der Waals surface area contributed by atoms with E-state index in [0.29, 0.717) is 24.5 Å². The van der Waals surface area contributed by atoms with Crippen LogP contribution in [0.5, 0.6) is 0 Å². The summed E-state index contributed by atoms with van der Waals surface area (Å²) in [6, 6.07) is 1.84. The van der Waals surface area contributed by atoms with Gasteiger partial charge < -0.3 is 11.1 Å². The van der Waals surface area contributed by atoms with E-state index in [1.165, 1.54) is 0 Å². The molecule has 0 saturated heterocycles. The maximum absolute atomic E-state index is 11.8. The number of nitrogens with two attached hydrogens (primary N) is 1. The smallest absolute Gasteiger partial charge is 0.149 e. The highest BCUT2D eigenvalue weighted by Crippen LogP contribution is 2.18. The molecule has 3 N–H and O–H groups in total. The van der Waals surface area contributed by atoms with E-state index < -0.39 is 0 Å². The van der Waals surface area contributed by atoms with Crippen molar-refractivity contribution in [1.82, 2.24) is 4.98 Å². The topological polar surface area (TPSA) is 50.9 Å². The summed E-state index contributed by atoms with van der Waals surface area (Å²) in [4.78, 5) is 4.05. The summed E-state index contributed by atoms with van der Waals surface area (Å²) in [5, 5.41) is 2.98. The first kappa shape index (κ1) is 9.77. The average Bonchev–Trinajstić information content (AvgIpc) is 2.13. The van der Waals surface area contributed by atoms with Gasteiger partial charge in [-0.1, -0.05) is 0 Å². The maximum atomic E-state index is 11.8. The van der Waals surface area contributed by atoms with Crippen LogP contribution < -0.4 is 11.1 Å². The van der Waals surface area contributed by atoms with Crippen LogP contribution in [0.4, 0.5) is 15.9 Å². The molecule has 3 nitrogen and oxygen atoms in total. The van der Waals surface area contributed by atoms with E-state index in [4.69, 9.17) is 5.73 Å². The summed E-state index contributed by atoms with van der Waals surface area (Å²) < 4.78 is 11.8. The monoisotopic (exact) mass is 183 g/mol. The first-order valence-corrected chi connectivity index (χ1v) is 4.26. The lowest BCUT2D eigenvalue weighted by Gasteiger charge is -2.08. The second-order valence-electron chi connectivity index (χ2n) is 2.86. The first-order valence-electron chi connectivity index (χ1n) is 4.26. The van der Waals surface area contributed by atoms with Gasteiger partial charge in [-0.15, -0.1) is 0 Å². The molecule has 0 radical (unpaired) electrons. The lowest BCUT2D eigenvalue weighted by atomic mass is 10.2. The molecule has 0 aliphatic carbocycles. The van der Waals surface area contributed by atoms with Crippen molar-refractivity contribution in [2.45, 2.75) is 13.3 Å². The standard InChI is InChI=1S/C9H14FN3/c1-7-3-6-13-9(8(7)11)12-5-2-4-10/h3,6H,2,4-5,11H2,1H3,(H,12,13). The number of anilines is 2. The highest BCUT2D eigenvalue weighted by Gasteiger charge is 2.00. The Morgan fingerprint density at radius 2 is 2.38 bits per heavy atom. The van der Waals surface area contributed by atoms with E-state index in [9.17, 15) is 4.39 Å².